The Balaban J connectivity index is 1.81. The van der Waals surface area contributed by atoms with Gasteiger partial charge in [-0.15, -0.1) is 10.2 Å². The van der Waals surface area contributed by atoms with E-state index in [1.165, 1.54) is 0 Å². The first-order valence-corrected chi connectivity index (χ1v) is 8.48. The number of hydrogen-bond acceptors (Lipinski definition) is 5. The van der Waals surface area contributed by atoms with Crippen molar-refractivity contribution in [2.45, 2.75) is 20.4 Å². The molecular formula is C19H20N6O. The minimum atomic E-state index is 0.0650. The summed E-state index contributed by atoms with van der Waals surface area (Å²) in [6.45, 7) is 4.59. The average Bonchev–Trinajstić information content (AvgIpc) is 3.20. The van der Waals surface area contributed by atoms with Gasteiger partial charge >= 0.3 is 0 Å². The molecule has 26 heavy (non-hydrogen) atoms. The van der Waals surface area contributed by atoms with Gasteiger partial charge in [0.15, 0.2) is 5.82 Å². The second kappa shape index (κ2) is 6.34. The smallest absolute Gasteiger partial charge is 0.163 e. The van der Waals surface area contributed by atoms with E-state index in [1.807, 2.05) is 36.9 Å². The zero-order valence-corrected chi connectivity index (χ0v) is 15.0. The molecule has 4 rings (SSSR count). The van der Waals surface area contributed by atoms with Crippen LogP contribution in [0.1, 0.15) is 11.3 Å². The Morgan fingerprint density at radius 1 is 1.15 bits per heavy atom. The van der Waals surface area contributed by atoms with Gasteiger partial charge in [0.1, 0.15) is 6.33 Å². The van der Waals surface area contributed by atoms with Crippen LogP contribution >= 0.6 is 0 Å². The monoisotopic (exact) mass is 348 g/mol. The van der Waals surface area contributed by atoms with Gasteiger partial charge in [0.05, 0.1) is 30.1 Å². The molecule has 0 aliphatic rings. The Morgan fingerprint density at radius 3 is 2.73 bits per heavy atom. The topological polar surface area (TPSA) is 81.6 Å². The highest BCUT2D eigenvalue weighted by molar-refractivity contribution is 5.88. The maximum Gasteiger partial charge on any atom is 0.163 e. The third-order valence-corrected chi connectivity index (χ3v) is 4.54. The number of nitrogens with zero attached hydrogens (tertiary/aromatic N) is 6. The molecule has 3 heterocycles. The van der Waals surface area contributed by atoms with Crippen molar-refractivity contribution in [1.29, 1.82) is 0 Å². The number of aromatic nitrogens is 6. The summed E-state index contributed by atoms with van der Waals surface area (Å²) < 4.78 is 3.65. The van der Waals surface area contributed by atoms with Crippen molar-refractivity contribution in [2.24, 2.45) is 7.05 Å². The van der Waals surface area contributed by atoms with E-state index in [9.17, 15) is 0 Å². The predicted octanol–water partition coefficient (Wildman–Crippen LogP) is 2.50. The Hall–Kier alpha value is -3.06. The minimum Gasteiger partial charge on any atom is -0.394 e. The molecule has 7 nitrogen and oxygen atoms in total. The Morgan fingerprint density at radius 2 is 2.00 bits per heavy atom. The zero-order chi connectivity index (χ0) is 18.3. The van der Waals surface area contributed by atoms with E-state index in [0.29, 0.717) is 6.54 Å². The first-order valence-electron chi connectivity index (χ1n) is 8.48. The van der Waals surface area contributed by atoms with Crippen molar-refractivity contribution < 1.29 is 5.11 Å². The fourth-order valence-corrected chi connectivity index (χ4v) is 3.20. The Bertz CT molecular complexity index is 1090. The molecule has 0 aliphatic heterocycles. The Kier molecular flexibility index (Phi) is 4.00. The van der Waals surface area contributed by atoms with Crippen molar-refractivity contribution in [3.05, 3.63) is 48.0 Å². The number of hydrogen-bond donors (Lipinski definition) is 1. The van der Waals surface area contributed by atoms with Crippen LogP contribution in [-0.2, 0) is 13.6 Å². The molecule has 0 spiro atoms. The van der Waals surface area contributed by atoms with Gasteiger partial charge in [-0.2, -0.15) is 5.10 Å². The molecule has 0 bridgehead atoms. The number of aliphatic hydroxyl groups excluding tert-OH is 1. The molecule has 0 saturated heterocycles. The highest BCUT2D eigenvalue weighted by Crippen LogP contribution is 2.29. The lowest BCUT2D eigenvalue weighted by Crippen LogP contribution is -2.02. The first kappa shape index (κ1) is 16.4. The molecule has 0 atom stereocenters. The third kappa shape index (κ3) is 2.76. The quantitative estimate of drug-likeness (QED) is 0.613. The number of pyridine rings is 1. The van der Waals surface area contributed by atoms with E-state index in [-0.39, 0.29) is 6.61 Å². The molecule has 0 fully saturated rings. The molecule has 132 valence electrons. The Labute approximate surface area is 150 Å². The highest BCUT2D eigenvalue weighted by atomic mass is 16.3. The maximum absolute atomic E-state index is 9.11. The van der Waals surface area contributed by atoms with Gasteiger partial charge in [-0.3, -0.25) is 4.68 Å². The van der Waals surface area contributed by atoms with Gasteiger partial charge < -0.3 is 9.67 Å². The molecule has 0 amide bonds. The standard InChI is InChI=1S/C19H20N6O/c1-12-8-18(16-10-25(6-7-26)23-13(16)2)21-17-5-4-14(9-15(12)17)19-22-20-11-24(19)3/h4-5,8-11,26H,6-7H2,1-3H3. The third-order valence-electron chi connectivity index (χ3n) is 4.54. The van der Waals surface area contributed by atoms with E-state index in [1.54, 1.807) is 11.0 Å². The molecule has 4 aromatic rings. The number of aryl methyl sites for hydroxylation is 3. The van der Waals surface area contributed by atoms with Gasteiger partial charge in [-0.05, 0) is 43.7 Å². The fourth-order valence-electron chi connectivity index (χ4n) is 3.20. The summed E-state index contributed by atoms with van der Waals surface area (Å²) in [5, 5.41) is 22.8. The number of rotatable bonds is 4. The van der Waals surface area contributed by atoms with Gasteiger partial charge in [0.2, 0.25) is 0 Å². The lowest BCUT2D eigenvalue weighted by atomic mass is 10.0. The second-order valence-corrected chi connectivity index (χ2v) is 6.44. The first-order chi connectivity index (χ1) is 12.6. The van der Waals surface area contributed by atoms with Crippen molar-refractivity contribution >= 4 is 10.9 Å². The van der Waals surface area contributed by atoms with Crippen LogP contribution in [0, 0.1) is 13.8 Å². The number of fused-ring (bicyclic) bond motifs is 1. The van der Waals surface area contributed by atoms with Crippen molar-refractivity contribution in [2.75, 3.05) is 6.61 Å². The number of aliphatic hydroxyl groups is 1. The lowest BCUT2D eigenvalue weighted by Gasteiger charge is -2.08. The van der Waals surface area contributed by atoms with Crippen LogP contribution < -0.4 is 0 Å². The highest BCUT2D eigenvalue weighted by Gasteiger charge is 2.13. The van der Waals surface area contributed by atoms with Crippen molar-refractivity contribution in [3.63, 3.8) is 0 Å². The van der Waals surface area contributed by atoms with Crippen LogP contribution in [0.4, 0.5) is 0 Å². The van der Waals surface area contributed by atoms with E-state index >= 15 is 0 Å². The number of benzene rings is 1. The summed E-state index contributed by atoms with van der Waals surface area (Å²) >= 11 is 0. The van der Waals surface area contributed by atoms with E-state index in [4.69, 9.17) is 10.1 Å². The summed E-state index contributed by atoms with van der Waals surface area (Å²) in [6, 6.07) is 8.22. The lowest BCUT2D eigenvalue weighted by molar-refractivity contribution is 0.269. The van der Waals surface area contributed by atoms with Gasteiger partial charge in [-0.1, -0.05) is 0 Å². The van der Waals surface area contributed by atoms with Gasteiger partial charge in [0, 0.05) is 29.8 Å². The fraction of sp³-hybridized carbons (Fsp3) is 0.263. The van der Waals surface area contributed by atoms with Crippen molar-refractivity contribution in [3.8, 4) is 22.6 Å². The summed E-state index contributed by atoms with van der Waals surface area (Å²) in [5.74, 6) is 0.830. The van der Waals surface area contributed by atoms with Crippen LogP contribution in [-0.4, -0.2) is 41.2 Å². The minimum absolute atomic E-state index is 0.0650. The molecule has 0 aliphatic carbocycles. The van der Waals surface area contributed by atoms with Crippen LogP contribution in [0.5, 0.6) is 0 Å². The molecule has 3 aromatic heterocycles. The average molecular weight is 348 g/mol. The SMILES string of the molecule is Cc1nn(CCO)cc1-c1cc(C)c2cc(-c3nncn3C)ccc2n1. The van der Waals surface area contributed by atoms with Crippen LogP contribution in [0.2, 0.25) is 0 Å². The van der Waals surface area contributed by atoms with Crippen LogP contribution in [0.3, 0.4) is 0 Å². The summed E-state index contributed by atoms with van der Waals surface area (Å²) in [4.78, 5) is 4.83. The molecule has 0 radical (unpaired) electrons. The molecule has 0 unspecified atom stereocenters. The molecule has 1 aromatic carbocycles. The van der Waals surface area contributed by atoms with Gasteiger partial charge in [-0.25, -0.2) is 4.98 Å². The second-order valence-electron chi connectivity index (χ2n) is 6.44. The molecule has 1 N–H and O–H groups in total. The van der Waals surface area contributed by atoms with E-state index < -0.39 is 0 Å². The zero-order valence-electron chi connectivity index (χ0n) is 15.0. The van der Waals surface area contributed by atoms with Crippen molar-refractivity contribution in [1.82, 2.24) is 29.5 Å². The van der Waals surface area contributed by atoms with E-state index in [0.717, 1.165) is 44.8 Å². The molecule has 0 saturated carbocycles. The predicted molar refractivity (Wildman–Crippen MR) is 99.5 cm³/mol. The summed E-state index contributed by atoms with van der Waals surface area (Å²) in [5.41, 5.74) is 5.87. The maximum atomic E-state index is 9.11. The molecule has 7 heteroatoms. The van der Waals surface area contributed by atoms with E-state index in [2.05, 4.69) is 34.4 Å². The summed E-state index contributed by atoms with van der Waals surface area (Å²) in [7, 11) is 1.93. The van der Waals surface area contributed by atoms with Gasteiger partial charge in [0.25, 0.3) is 0 Å². The normalized spacial score (nSPS) is 11.4. The van der Waals surface area contributed by atoms with Crippen LogP contribution in [0.15, 0.2) is 36.8 Å². The van der Waals surface area contributed by atoms with Crippen LogP contribution in [0.25, 0.3) is 33.5 Å². The largest absolute Gasteiger partial charge is 0.394 e. The molecular weight excluding hydrogens is 328 g/mol. The summed E-state index contributed by atoms with van der Waals surface area (Å²) in [6.07, 6.45) is 3.63.